The van der Waals surface area contributed by atoms with E-state index in [1.54, 1.807) is 0 Å². The predicted molar refractivity (Wildman–Crippen MR) is 60.5 cm³/mol. The molecular weight excluding hydrogens is 184 g/mol. The fourth-order valence-corrected chi connectivity index (χ4v) is 1.36. The largest absolute Gasteiger partial charge is 0.481 e. The van der Waals surface area contributed by atoms with E-state index >= 15 is 0 Å². The van der Waals surface area contributed by atoms with Gasteiger partial charge in [-0.1, -0.05) is 33.1 Å². The minimum Gasteiger partial charge on any atom is -0.481 e. The average molecular weight is 206 g/mol. The highest BCUT2D eigenvalue weighted by Crippen LogP contribution is 2.12. The van der Waals surface area contributed by atoms with Crippen molar-refractivity contribution in [2.24, 2.45) is 5.92 Å². The van der Waals surface area contributed by atoms with Crippen molar-refractivity contribution in [3.63, 3.8) is 0 Å². The first kappa shape index (κ1) is 15.3. The summed E-state index contributed by atoms with van der Waals surface area (Å²) in [5.74, 6) is 1.10. The minimum absolute atomic E-state index is 0.833. The molecule has 0 aliphatic carbocycles. The number of hydrogen-bond donors (Lipinski definition) is 2. The van der Waals surface area contributed by atoms with Crippen molar-refractivity contribution < 1.29 is 9.90 Å². The maximum atomic E-state index is 9.00. The first-order valence-electron chi connectivity index (χ1n) is 4.88. The van der Waals surface area contributed by atoms with Crippen LogP contribution in [0.1, 0.15) is 46.5 Å². The van der Waals surface area contributed by atoms with Gasteiger partial charge in [-0.05, 0) is 18.1 Å². The Morgan fingerprint density at radius 1 is 1.46 bits per heavy atom. The summed E-state index contributed by atoms with van der Waals surface area (Å²) in [5, 5.41) is 7.42. The van der Waals surface area contributed by atoms with E-state index < -0.39 is 5.97 Å². The molecule has 0 aliphatic heterocycles. The van der Waals surface area contributed by atoms with E-state index in [2.05, 4.69) is 26.5 Å². The third kappa shape index (κ3) is 18.6. The molecule has 0 rings (SSSR count). The Morgan fingerprint density at radius 3 is 2.15 bits per heavy atom. The van der Waals surface area contributed by atoms with Gasteiger partial charge in [-0.3, -0.25) is 4.79 Å². The third-order valence-electron chi connectivity index (χ3n) is 1.80. The molecule has 3 heteroatoms. The predicted octanol–water partition coefficient (Wildman–Crippen LogP) is 3.22. The summed E-state index contributed by atoms with van der Waals surface area (Å²) in [6.45, 7) is 5.57. The number of aliphatic carboxylic acids is 1. The van der Waals surface area contributed by atoms with Gasteiger partial charge in [0.1, 0.15) is 0 Å². The molecule has 0 bridgehead atoms. The molecule has 1 atom stereocenters. The average Bonchev–Trinajstić information content (AvgIpc) is 2.06. The second kappa shape index (κ2) is 11.8. The number of thiol groups is 1. The monoisotopic (exact) mass is 206 g/mol. The number of carboxylic acid groups (broad SMARTS) is 1. The summed E-state index contributed by atoms with van der Waals surface area (Å²) in [5.41, 5.74) is 0. The quantitative estimate of drug-likeness (QED) is 0.678. The van der Waals surface area contributed by atoms with Crippen LogP contribution < -0.4 is 0 Å². The highest BCUT2D eigenvalue weighted by molar-refractivity contribution is 7.80. The smallest absolute Gasteiger partial charge is 0.300 e. The number of hydrogen-bond acceptors (Lipinski definition) is 2. The molecule has 0 aromatic heterocycles. The van der Waals surface area contributed by atoms with Gasteiger partial charge in [0, 0.05) is 6.92 Å². The van der Waals surface area contributed by atoms with Gasteiger partial charge in [0.05, 0.1) is 0 Å². The molecule has 80 valence electrons. The lowest BCUT2D eigenvalue weighted by atomic mass is 10.0. The molecule has 0 heterocycles. The Bertz CT molecular complexity index is 107. The lowest BCUT2D eigenvalue weighted by molar-refractivity contribution is -0.134. The van der Waals surface area contributed by atoms with Crippen molar-refractivity contribution in [1.82, 2.24) is 0 Å². The molecule has 13 heavy (non-hydrogen) atoms. The number of rotatable bonds is 5. The molecule has 0 spiro atoms. The van der Waals surface area contributed by atoms with Gasteiger partial charge >= 0.3 is 0 Å². The van der Waals surface area contributed by atoms with Crippen molar-refractivity contribution in [3.05, 3.63) is 0 Å². The Labute approximate surface area is 87.1 Å². The fraction of sp³-hybridized carbons (Fsp3) is 0.900. The standard InChI is InChI=1S/C8H18S.C2H4O2/c1-3-5-6-8(4-2)7-9;1-2(3)4/h8-9H,3-7H2,1-2H3;1H3,(H,3,4). The summed E-state index contributed by atoms with van der Waals surface area (Å²) in [4.78, 5) is 9.00. The summed E-state index contributed by atoms with van der Waals surface area (Å²) in [6, 6.07) is 0. The second-order valence-corrected chi connectivity index (χ2v) is 3.48. The van der Waals surface area contributed by atoms with Crippen LogP contribution in [0.4, 0.5) is 0 Å². The minimum atomic E-state index is -0.833. The van der Waals surface area contributed by atoms with Gasteiger partial charge in [-0.25, -0.2) is 0 Å². The number of carbonyl (C=O) groups is 1. The maximum absolute atomic E-state index is 9.00. The molecule has 1 unspecified atom stereocenters. The molecular formula is C10H22O2S. The Morgan fingerprint density at radius 2 is 1.92 bits per heavy atom. The van der Waals surface area contributed by atoms with Crippen LogP contribution in [0, 0.1) is 5.92 Å². The van der Waals surface area contributed by atoms with E-state index in [1.165, 1.54) is 25.7 Å². The van der Waals surface area contributed by atoms with Crippen LogP contribution >= 0.6 is 12.6 Å². The first-order chi connectivity index (χ1) is 6.08. The van der Waals surface area contributed by atoms with E-state index in [4.69, 9.17) is 9.90 Å². The van der Waals surface area contributed by atoms with Crippen LogP contribution in [0.3, 0.4) is 0 Å². The van der Waals surface area contributed by atoms with Crippen LogP contribution in [0.5, 0.6) is 0 Å². The SMILES string of the molecule is CC(=O)O.CCCCC(CC)CS. The van der Waals surface area contributed by atoms with E-state index in [1.807, 2.05) is 0 Å². The molecule has 0 aromatic carbocycles. The van der Waals surface area contributed by atoms with Crippen molar-refractivity contribution in [2.75, 3.05) is 5.75 Å². The topological polar surface area (TPSA) is 37.3 Å². The highest BCUT2D eigenvalue weighted by Gasteiger charge is 2.00. The third-order valence-corrected chi connectivity index (χ3v) is 2.32. The van der Waals surface area contributed by atoms with Crippen LogP contribution in [0.2, 0.25) is 0 Å². The summed E-state index contributed by atoms with van der Waals surface area (Å²) < 4.78 is 0. The van der Waals surface area contributed by atoms with Gasteiger partial charge in [0.15, 0.2) is 0 Å². The zero-order valence-corrected chi connectivity index (χ0v) is 9.81. The Kier molecular flexibility index (Phi) is 13.9. The molecule has 2 nitrogen and oxygen atoms in total. The Hall–Kier alpha value is -0.180. The molecule has 0 saturated heterocycles. The zero-order chi connectivity index (χ0) is 10.7. The van der Waals surface area contributed by atoms with Crippen LogP contribution in [0.15, 0.2) is 0 Å². The molecule has 0 fully saturated rings. The van der Waals surface area contributed by atoms with E-state index in [9.17, 15) is 0 Å². The summed E-state index contributed by atoms with van der Waals surface area (Å²) in [7, 11) is 0. The molecule has 0 radical (unpaired) electrons. The Balaban J connectivity index is 0. The van der Waals surface area contributed by atoms with E-state index in [0.29, 0.717) is 0 Å². The first-order valence-corrected chi connectivity index (χ1v) is 5.52. The normalized spacial score (nSPS) is 11.4. The number of unbranched alkanes of at least 4 members (excludes halogenated alkanes) is 1. The van der Waals surface area contributed by atoms with Crippen molar-refractivity contribution in [3.8, 4) is 0 Å². The molecule has 0 amide bonds. The molecule has 0 aliphatic rings. The molecule has 0 aromatic rings. The summed E-state index contributed by atoms with van der Waals surface area (Å²) in [6.07, 6.45) is 5.36. The van der Waals surface area contributed by atoms with Gasteiger partial charge in [0.2, 0.25) is 0 Å². The van der Waals surface area contributed by atoms with E-state index in [0.717, 1.165) is 18.6 Å². The lowest BCUT2D eigenvalue weighted by Gasteiger charge is -2.09. The van der Waals surface area contributed by atoms with Crippen LogP contribution in [0.25, 0.3) is 0 Å². The van der Waals surface area contributed by atoms with E-state index in [-0.39, 0.29) is 0 Å². The van der Waals surface area contributed by atoms with Gasteiger partial charge in [-0.2, -0.15) is 12.6 Å². The molecule has 1 N–H and O–H groups in total. The van der Waals surface area contributed by atoms with Crippen molar-refractivity contribution in [1.29, 1.82) is 0 Å². The molecule has 0 saturated carbocycles. The maximum Gasteiger partial charge on any atom is 0.300 e. The van der Waals surface area contributed by atoms with Gasteiger partial charge < -0.3 is 5.11 Å². The lowest BCUT2D eigenvalue weighted by Crippen LogP contribution is -1.99. The second-order valence-electron chi connectivity index (χ2n) is 3.12. The number of carboxylic acids is 1. The van der Waals surface area contributed by atoms with Crippen LogP contribution in [-0.2, 0) is 4.79 Å². The van der Waals surface area contributed by atoms with Gasteiger partial charge in [-0.15, -0.1) is 0 Å². The fourth-order valence-electron chi connectivity index (χ4n) is 0.917. The van der Waals surface area contributed by atoms with Crippen LogP contribution in [-0.4, -0.2) is 16.8 Å². The van der Waals surface area contributed by atoms with Gasteiger partial charge in [0.25, 0.3) is 5.97 Å². The summed E-state index contributed by atoms with van der Waals surface area (Å²) >= 11 is 4.27. The highest BCUT2D eigenvalue weighted by atomic mass is 32.1. The zero-order valence-electron chi connectivity index (χ0n) is 8.92. The van der Waals surface area contributed by atoms with Crippen molar-refractivity contribution >= 4 is 18.6 Å². The van der Waals surface area contributed by atoms with Crippen molar-refractivity contribution in [2.45, 2.75) is 46.5 Å².